The average Bonchev–Trinajstić information content (AvgIpc) is 3.13. The number of carbonyl (C=O) groups excluding carboxylic acids is 1. The first-order valence-electron chi connectivity index (χ1n) is 8.00. The van der Waals surface area contributed by atoms with Crippen LogP contribution < -0.4 is 10.2 Å². The Labute approximate surface area is 151 Å². The molecule has 24 heavy (non-hydrogen) atoms. The van der Waals surface area contributed by atoms with E-state index >= 15 is 0 Å². The van der Waals surface area contributed by atoms with Gasteiger partial charge in [0.15, 0.2) is 5.13 Å². The van der Waals surface area contributed by atoms with Crippen molar-refractivity contribution in [2.75, 3.05) is 36.4 Å². The SMILES string of the molecule is Cc1c(Cl)cccc1NC(=O)C(C)N1CCN(c2nccs2)CC1. The van der Waals surface area contributed by atoms with Gasteiger partial charge in [-0.2, -0.15) is 0 Å². The molecule has 1 aliphatic heterocycles. The number of anilines is 2. The van der Waals surface area contributed by atoms with E-state index in [0.717, 1.165) is 42.6 Å². The molecule has 0 bridgehead atoms. The van der Waals surface area contributed by atoms with E-state index in [2.05, 4.69) is 20.1 Å². The number of aromatic nitrogens is 1. The molecule has 1 saturated heterocycles. The molecule has 1 unspecified atom stereocenters. The maximum Gasteiger partial charge on any atom is 0.241 e. The molecule has 2 heterocycles. The number of halogens is 1. The van der Waals surface area contributed by atoms with E-state index in [9.17, 15) is 4.79 Å². The minimum absolute atomic E-state index is 0.00284. The fourth-order valence-corrected chi connectivity index (χ4v) is 3.69. The predicted octanol–water partition coefficient (Wildman–Crippen LogP) is 3.25. The Morgan fingerprint density at radius 2 is 2.08 bits per heavy atom. The van der Waals surface area contributed by atoms with Crippen molar-refractivity contribution in [2.24, 2.45) is 0 Å². The Bertz CT molecular complexity index is 699. The predicted molar refractivity (Wildman–Crippen MR) is 100 cm³/mol. The van der Waals surface area contributed by atoms with E-state index in [1.807, 2.05) is 43.6 Å². The van der Waals surface area contributed by atoms with Crippen LogP contribution in [0.1, 0.15) is 12.5 Å². The lowest BCUT2D eigenvalue weighted by molar-refractivity contribution is -0.120. The normalized spacial score (nSPS) is 16.9. The molecule has 1 aromatic heterocycles. The zero-order chi connectivity index (χ0) is 17.1. The zero-order valence-electron chi connectivity index (χ0n) is 13.8. The smallest absolute Gasteiger partial charge is 0.241 e. The molecule has 1 fully saturated rings. The van der Waals surface area contributed by atoms with Gasteiger partial charge in [0.1, 0.15) is 0 Å². The second kappa shape index (κ2) is 7.51. The first-order valence-corrected chi connectivity index (χ1v) is 9.26. The van der Waals surface area contributed by atoms with Crippen LogP contribution in [-0.2, 0) is 4.79 Å². The Morgan fingerprint density at radius 3 is 2.75 bits per heavy atom. The number of amides is 1. The van der Waals surface area contributed by atoms with Gasteiger partial charge < -0.3 is 10.2 Å². The molecule has 5 nitrogen and oxygen atoms in total. The van der Waals surface area contributed by atoms with Gasteiger partial charge >= 0.3 is 0 Å². The van der Waals surface area contributed by atoms with Gasteiger partial charge in [0, 0.05) is 48.5 Å². The molecule has 1 aliphatic rings. The van der Waals surface area contributed by atoms with Crippen molar-refractivity contribution in [3.8, 4) is 0 Å². The Hall–Kier alpha value is -1.63. The molecule has 7 heteroatoms. The Kier molecular flexibility index (Phi) is 5.38. The van der Waals surface area contributed by atoms with E-state index in [1.54, 1.807) is 11.3 Å². The molecule has 1 amide bonds. The van der Waals surface area contributed by atoms with Gasteiger partial charge in [-0.3, -0.25) is 9.69 Å². The highest BCUT2D eigenvalue weighted by Gasteiger charge is 2.26. The molecule has 0 aliphatic carbocycles. The molecular formula is C17H21ClN4OS. The van der Waals surface area contributed by atoms with Gasteiger partial charge in [0.05, 0.1) is 6.04 Å². The van der Waals surface area contributed by atoms with Crippen LogP contribution in [0.3, 0.4) is 0 Å². The summed E-state index contributed by atoms with van der Waals surface area (Å²) in [5.41, 5.74) is 1.68. The van der Waals surface area contributed by atoms with Crippen LogP contribution in [-0.4, -0.2) is 48.0 Å². The third kappa shape index (κ3) is 3.71. The van der Waals surface area contributed by atoms with Gasteiger partial charge in [-0.15, -0.1) is 11.3 Å². The van der Waals surface area contributed by atoms with Crippen molar-refractivity contribution in [2.45, 2.75) is 19.9 Å². The van der Waals surface area contributed by atoms with E-state index in [1.165, 1.54) is 0 Å². The highest BCUT2D eigenvalue weighted by Crippen LogP contribution is 2.24. The molecule has 0 radical (unpaired) electrons. The van der Waals surface area contributed by atoms with E-state index in [0.29, 0.717) is 5.02 Å². The average molecular weight is 365 g/mol. The number of carbonyl (C=O) groups is 1. The van der Waals surface area contributed by atoms with E-state index in [-0.39, 0.29) is 11.9 Å². The van der Waals surface area contributed by atoms with Crippen LogP contribution >= 0.6 is 22.9 Å². The summed E-state index contributed by atoms with van der Waals surface area (Å²) in [5, 5.41) is 6.71. The molecule has 1 aromatic carbocycles. The molecule has 128 valence electrons. The second-order valence-electron chi connectivity index (χ2n) is 5.92. The summed E-state index contributed by atoms with van der Waals surface area (Å²) in [4.78, 5) is 21.4. The summed E-state index contributed by atoms with van der Waals surface area (Å²) in [6.07, 6.45) is 1.83. The Morgan fingerprint density at radius 1 is 1.33 bits per heavy atom. The molecule has 1 N–H and O–H groups in total. The molecular weight excluding hydrogens is 344 g/mol. The fraction of sp³-hybridized carbons (Fsp3) is 0.412. The minimum atomic E-state index is -0.179. The maximum absolute atomic E-state index is 12.6. The Balaban J connectivity index is 1.57. The lowest BCUT2D eigenvalue weighted by atomic mass is 10.1. The zero-order valence-corrected chi connectivity index (χ0v) is 15.4. The van der Waals surface area contributed by atoms with Gasteiger partial charge in [-0.25, -0.2) is 4.98 Å². The van der Waals surface area contributed by atoms with Crippen molar-refractivity contribution in [3.05, 3.63) is 40.4 Å². The van der Waals surface area contributed by atoms with Crippen molar-refractivity contribution < 1.29 is 4.79 Å². The summed E-state index contributed by atoms with van der Waals surface area (Å²) < 4.78 is 0. The van der Waals surface area contributed by atoms with Crippen molar-refractivity contribution in [3.63, 3.8) is 0 Å². The van der Waals surface area contributed by atoms with E-state index < -0.39 is 0 Å². The van der Waals surface area contributed by atoms with Crippen molar-refractivity contribution in [1.29, 1.82) is 0 Å². The number of piperazine rings is 1. The second-order valence-corrected chi connectivity index (χ2v) is 7.20. The lowest BCUT2D eigenvalue weighted by Crippen LogP contribution is -2.52. The molecule has 1 atom stereocenters. The van der Waals surface area contributed by atoms with Crippen LogP contribution in [0.2, 0.25) is 5.02 Å². The van der Waals surface area contributed by atoms with Gasteiger partial charge in [-0.1, -0.05) is 17.7 Å². The third-order valence-electron chi connectivity index (χ3n) is 4.46. The number of rotatable bonds is 4. The van der Waals surface area contributed by atoms with Crippen molar-refractivity contribution >= 4 is 39.7 Å². The first-order chi connectivity index (χ1) is 11.6. The highest BCUT2D eigenvalue weighted by atomic mass is 35.5. The third-order valence-corrected chi connectivity index (χ3v) is 5.70. The van der Waals surface area contributed by atoms with Crippen LogP contribution in [0.25, 0.3) is 0 Å². The maximum atomic E-state index is 12.6. The fourth-order valence-electron chi connectivity index (χ4n) is 2.82. The van der Waals surface area contributed by atoms with Gasteiger partial charge in [-0.05, 0) is 31.5 Å². The van der Waals surface area contributed by atoms with Gasteiger partial charge in [0.2, 0.25) is 5.91 Å². The lowest BCUT2D eigenvalue weighted by Gasteiger charge is -2.37. The number of hydrogen-bond acceptors (Lipinski definition) is 5. The number of nitrogens with one attached hydrogen (secondary N) is 1. The summed E-state index contributed by atoms with van der Waals surface area (Å²) in [7, 11) is 0. The summed E-state index contributed by atoms with van der Waals surface area (Å²) in [6.45, 7) is 7.34. The summed E-state index contributed by atoms with van der Waals surface area (Å²) in [6, 6.07) is 5.38. The standard InChI is InChI=1S/C17H21ClN4OS/c1-12-14(18)4-3-5-15(12)20-16(23)13(2)21-7-9-22(10-8-21)17-19-6-11-24-17/h3-6,11,13H,7-10H2,1-2H3,(H,20,23). The monoisotopic (exact) mass is 364 g/mol. The molecule has 2 aromatic rings. The van der Waals surface area contributed by atoms with E-state index in [4.69, 9.17) is 11.6 Å². The van der Waals surface area contributed by atoms with Crippen LogP contribution in [0.5, 0.6) is 0 Å². The highest BCUT2D eigenvalue weighted by molar-refractivity contribution is 7.13. The quantitative estimate of drug-likeness (QED) is 0.904. The minimum Gasteiger partial charge on any atom is -0.346 e. The molecule has 3 rings (SSSR count). The summed E-state index contributed by atoms with van der Waals surface area (Å²) in [5.74, 6) is 0.00284. The van der Waals surface area contributed by atoms with Crippen LogP contribution in [0, 0.1) is 6.92 Å². The number of benzene rings is 1. The molecule has 0 spiro atoms. The largest absolute Gasteiger partial charge is 0.346 e. The summed E-state index contributed by atoms with van der Waals surface area (Å²) >= 11 is 7.77. The number of nitrogens with zero attached hydrogens (tertiary/aromatic N) is 3. The first kappa shape index (κ1) is 17.2. The van der Waals surface area contributed by atoms with Gasteiger partial charge in [0.25, 0.3) is 0 Å². The van der Waals surface area contributed by atoms with Crippen molar-refractivity contribution in [1.82, 2.24) is 9.88 Å². The topological polar surface area (TPSA) is 48.5 Å². The number of thiazole rings is 1. The molecule has 0 saturated carbocycles. The van der Waals surface area contributed by atoms with Crippen LogP contribution in [0.15, 0.2) is 29.8 Å². The number of hydrogen-bond donors (Lipinski definition) is 1. The van der Waals surface area contributed by atoms with Crippen LogP contribution in [0.4, 0.5) is 10.8 Å².